The molecule has 27 heavy (non-hydrogen) atoms. The van der Waals surface area contributed by atoms with Crippen LogP contribution in [0.2, 0.25) is 0 Å². The van der Waals surface area contributed by atoms with E-state index in [-0.39, 0.29) is 18.3 Å². The summed E-state index contributed by atoms with van der Waals surface area (Å²) in [7, 11) is 0. The summed E-state index contributed by atoms with van der Waals surface area (Å²) in [6.07, 6.45) is 0.784. The quantitative estimate of drug-likeness (QED) is 0.622. The molecule has 0 bridgehead atoms. The molecule has 5 amide bonds. The topological polar surface area (TPSA) is 99.3 Å². The fourth-order valence-corrected chi connectivity index (χ4v) is 3.52. The predicted octanol–water partition coefficient (Wildman–Crippen LogP) is 1.82. The fraction of sp³-hybridized carbons (Fsp3) is 0.211. The molecule has 0 saturated carbocycles. The van der Waals surface area contributed by atoms with Crippen molar-refractivity contribution in [3.05, 3.63) is 65.0 Å². The number of fused-ring (bicyclic) bond motifs is 1. The maximum atomic E-state index is 13.6. The first kappa shape index (κ1) is 17.0. The predicted molar refractivity (Wildman–Crippen MR) is 95.5 cm³/mol. The lowest BCUT2D eigenvalue weighted by Gasteiger charge is -2.18. The SMILES string of the molecule is O=C(NCc1ccccc1F)Nc1ccc2c(c1)CC1(C2)NC(=O)NC1=O. The molecule has 1 aliphatic carbocycles. The Morgan fingerprint density at radius 3 is 2.63 bits per heavy atom. The number of hydrogen-bond donors (Lipinski definition) is 4. The van der Waals surface area contributed by atoms with Crippen molar-refractivity contribution >= 4 is 23.7 Å². The summed E-state index contributed by atoms with van der Waals surface area (Å²) in [5, 5.41) is 10.3. The molecule has 1 fully saturated rings. The Morgan fingerprint density at radius 2 is 1.89 bits per heavy atom. The van der Waals surface area contributed by atoms with Gasteiger partial charge < -0.3 is 16.0 Å². The van der Waals surface area contributed by atoms with Crippen LogP contribution < -0.4 is 21.3 Å². The number of carbonyl (C=O) groups excluding carboxylic acids is 3. The number of hydrogen-bond acceptors (Lipinski definition) is 3. The number of halogens is 1. The van der Waals surface area contributed by atoms with E-state index in [1.165, 1.54) is 6.07 Å². The maximum Gasteiger partial charge on any atom is 0.322 e. The zero-order chi connectivity index (χ0) is 19.0. The van der Waals surface area contributed by atoms with Gasteiger partial charge in [-0.2, -0.15) is 0 Å². The van der Waals surface area contributed by atoms with Crippen molar-refractivity contribution in [1.82, 2.24) is 16.0 Å². The van der Waals surface area contributed by atoms with Gasteiger partial charge in [0, 0.05) is 30.6 Å². The normalized spacial score (nSPS) is 20.2. The fourth-order valence-electron chi connectivity index (χ4n) is 3.52. The molecule has 1 saturated heterocycles. The molecule has 1 spiro atoms. The Labute approximate surface area is 154 Å². The molecule has 1 heterocycles. The lowest BCUT2D eigenvalue weighted by atomic mass is 9.96. The van der Waals surface area contributed by atoms with E-state index in [1.54, 1.807) is 30.3 Å². The van der Waals surface area contributed by atoms with Crippen molar-refractivity contribution in [2.75, 3.05) is 5.32 Å². The van der Waals surface area contributed by atoms with Gasteiger partial charge >= 0.3 is 12.1 Å². The molecular weight excluding hydrogens is 351 g/mol. The molecule has 1 unspecified atom stereocenters. The summed E-state index contributed by atoms with van der Waals surface area (Å²) in [6, 6.07) is 10.6. The van der Waals surface area contributed by atoms with E-state index in [0.29, 0.717) is 24.1 Å². The third kappa shape index (κ3) is 3.21. The van der Waals surface area contributed by atoms with Crippen LogP contribution in [0.4, 0.5) is 19.7 Å². The molecule has 138 valence electrons. The number of amides is 5. The highest BCUT2D eigenvalue weighted by Crippen LogP contribution is 2.33. The highest BCUT2D eigenvalue weighted by atomic mass is 19.1. The van der Waals surface area contributed by atoms with Crippen LogP contribution in [-0.2, 0) is 24.2 Å². The molecule has 1 aliphatic heterocycles. The van der Waals surface area contributed by atoms with E-state index in [2.05, 4.69) is 21.3 Å². The minimum atomic E-state index is -0.939. The van der Waals surface area contributed by atoms with E-state index in [9.17, 15) is 18.8 Å². The lowest BCUT2D eigenvalue weighted by molar-refractivity contribution is -0.123. The third-order valence-corrected chi connectivity index (χ3v) is 4.86. The molecular formula is C19H17FN4O3. The molecule has 2 aliphatic rings. The molecule has 2 aromatic carbocycles. The molecule has 7 nitrogen and oxygen atoms in total. The van der Waals surface area contributed by atoms with E-state index in [0.717, 1.165) is 11.1 Å². The zero-order valence-corrected chi connectivity index (χ0v) is 14.3. The van der Waals surface area contributed by atoms with Crippen molar-refractivity contribution in [2.24, 2.45) is 0 Å². The molecule has 1 atom stereocenters. The van der Waals surface area contributed by atoms with E-state index >= 15 is 0 Å². The summed E-state index contributed by atoms with van der Waals surface area (Å²) in [6.45, 7) is 0.0682. The Hall–Kier alpha value is -3.42. The standard InChI is InChI=1S/C19H17FN4O3/c20-15-4-2-1-3-12(15)10-21-17(26)22-14-6-5-11-8-19(9-13(11)7-14)16(25)23-18(27)24-19/h1-7H,8-10H2,(H2,21,22,26)(H2,23,24,25,27). The molecule has 2 aromatic rings. The van der Waals surface area contributed by atoms with Crippen molar-refractivity contribution in [3.8, 4) is 0 Å². The minimum absolute atomic E-state index is 0.0682. The van der Waals surface area contributed by atoms with Crippen molar-refractivity contribution in [1.29, 1.82) is 0 Å². The Kier molecular flexibility index (Phi) is 4.02. The van der Waals surface area contributed by atoms with Crippen molar-refractivity contribution in [2.45, 2.75) is 24.9 Å². The van der Waals surface area contributed by atoms with E-state index < -0.39 is 17.6 Å². The first-order chi connectivity index (χ1) is 12.9. The Bertz CT molecular complexity index is 962. The minimum Gasteiger partial charge on any atom is -0.334 e. The van der Waals surface area contributed by atoms with Crippen LogP contribution in [0, 0.1) is 5.82 Å². The number of imide groups is 1. The Morgan fingerprint density at radius 1 is 1.11 bits per heavy atom. The lowest BCUT2D eigenvalue weighted by Crippen LogP contribution is -2.47. The van der Waals surface area contributed by atoms with Crippen molar-refractivity contribution < 1.29 is 18.8 Å². The van der Waals surface area contributed by atoms with Crippen LogP contribution >= 0.6 is 0 Å². The number of anilines is 1. The van der Waals surface area contributed by atoms with Gasteiger partial charge in [0.1, 0.15) is 11.4 Å². The highest BCUT2D eigenvalue weighted by Gasteiger charge is 2.49. The van der Waals surface area contributed by atoms with Crippen LogP contribution in [0.1, 0.15) is 16.7 Å². The number of rotatable bonds is 3. The first-order valence-electron chi connectivity index (χ1n) is 8.49. The molecule has 0 radical (unpaired) electrons. The zero-order valence-electron chi connectivity index (χ0n) is 14.3. The monoisotopic (exact) mass is 368 g/mol. The second kappa shape index (κ2) is 6.39. The number of nitrogens with one attached hydrogen (secondary N) is 4. The van der Waals surface area contributed by atoms with Gasteiger partial charge in [-0.3, -0.25) is 10.1 Å². The largest absolute Gasteiger partial charge is 0.334 e. The maximum absolute atomic E-state index is 13.6. The van der Waals surface area contributed by atoms with Gasteiger partial charge in [0.25, 0.3) is 5.91 Å². The summed E-state index contributed by atoms with van der Waals surface area (Å²) >= 11 is 0. The van der Waals surface area contributed by atoms with Crippen LogP contribution in [-0.4, -0.2) is 23.5 Å². The molecule has 8 heteroatoms. The van der Waals surface area contributed by atoms with Gasteiger partial charge in [0.05, 0.1) is 0 Å². The van der Waals surface area contributed by atoms with E-state index in [1.807, 2.05) is 6.07 Å². The van der Waals surface area contributed by atoms with Gasteiger partial charge in [-0.1, -0.05) is 24.3 Å². The van der Waals surface area contributed by atoms with Gasteiger partial charge in [-0.25, -0.2) is 14.0 Å². The molecule has 0 aromatic heterocycles. The van der Waals surface area contributed by atoms with Crippen LogP contribution in [0.5, 0.6) is 0 Å². The van der Waals surface area contributed by atoms with Crippen LogP contribution in [0.3, 0.4) is 0 Å². The Balaban J connectivity index is 1.41. The smallest absolute Gasteiger partial charge is 0.322 e. The summed E-state index contributed by atoms with van der Waals surface area (Å²) < 4.78 is 13.6. The van der Waals surface area contributed by atoms with Gasteiger partial charge in [0.2, 0.25) is 0 Å². The average Bonchev–Trinajstić information content (AvgIpc) is 3.12. The van der Waals surface area contributed by atoms with Gasteiger partial charge in [-0.05, 0) is 29.3 Å². The van der Waals surface area contributed by atoms with Gasteiger partial charge in [0.15, 0.2) is 0 Å². The van der Waals surface area contributed by atoms with Crippen molar-refractivity contribution in [3.63, 3.8) is 0 Å². The van der Waals surface area contributed by atoms with E-state index in [4.69, 9.17) is 0 Å². The molecule has 4 N–H and O–H groups in total. The average molecular weight is 368 g/mol. The summed E-state index contributed by atoms with van der Waals surface area (Å²) in [5.74, 6) is -0.710. The summed E-state index contributed by atoms with van der Waals surface area (Å²) in [4.78, 5) is 35.6. The first-order valence-corrected chi connectivity index (χ1v) is 8.49. The number of carbonyl (C=O) groups is 3. The number of urea groups is 2. The second-order valence-corrected chi connectivity index (χ2v) is 6.73. The molecule has 4 rings (SSSR count). The second-order valence-electron chi connectivity index (χ2n) is 6.73. The van der Waals surface area contributed by atoms with Crippen LogP contribution in [0.15, 0.2) is 42.5 Å². The summed E-state index contributed by atoms with van der Waals surface area (Å²) in [5.41, 5.74) is 1.85. The highest BCUT2D eigenvalue weighted by molar-refractivity contribution is 6.07. The van der Waals surface area contributed by atoms with Crippen LogP contribution in [0.25, 0.3) is 0 Å². The van der Waals surface area contributed by atoms with Gasteiger partial charge in [-0.15, -0.1) is 0 Å². The third-order valence-electron chi connectivity index (χ3n) is 4.86. The number of benzene rings is 2.